The number of aryl methyl sites for hydroxylation is 1. The quantitative estimate of drug-likeness (QED) is 0.794. The molecule has 0 fully saturated rings. The van der Waals surface area contributed by atoms with Crippen LogP contribution in [0.4, 0.5) is 8.78 Å². The highest BCUT2D eigenvalue weighted by molar-refractivity contribution is 9.10. The van der Waals surface area contributed by atoms with Gasteiger partial charge in [0.05, 0.1) is 7.11 Å². The molecule has 1 aromatic carbocycles. The average molecular weight is 293 g/mol. The van der Waals surface area contributed by atoms with Crippen LogP contribution in [0, 0.1) is 0 Å². The summed E-state index contributed by atoms with van der Waals surface area (Å²) in [5, 5.41) is 0. The number of carbonyl (C=O) groups excluding carboxylic acids is 1. The first kappa shape index (κ1) is 13.1. The number of benzene rings is 1. The van der Waals surface area contributed by atoms with Crippen LogP contribution in [0.5, 0.6) is 0 Å². The van der Waals surface area contributed by atoms with Crippen molar-refractivity contribution in [3.05, 3.63) is 33.8 Å². The van der Waals surface area contributed by atoms with Crippen LogP contribution in [-0.2, 0) is 16.0 Å². The van der Waals surface area contributed by atoms with Crippen LogP contribution in [0.25, 0.3) is 0 Å². The molecular formula is C11H11BrF2O2. The second-order valence-corrected chi connectivity index (χ2v) is 4.09. The number of halogens is 3. The van der Waals surface area contributed by atoms with E-state index in [2.05, 4.69) is 20.7 Å². The van der Waals surface area contributed by atoms with E-state index in [0.717, 1.165) is 0 Å². The number of methoxy groups -OCH3 is 1. The van der Waals surface area contributed by atoms with Crippen molar-refractivity contribution in [3.8, 4) is 0 Å². The van der Waals surface area contributed by atoms with Crippen LogP contribution < -0.4 is 0 Å². The Balaban J connectivity index is 2.75. The van der Waals surface area contributed by atoms with Crippen molar-refractivity contribution in [2.24, 2.45) is 0 Å². The van der Waals surface area contributed by atoms with Gasteiger partial charge in [0.2, 0.25) is 0 Å². The topological polar surface area (TPSA) is 26.3 Å². The Kier molecular flexibility index (Phi) is 4.86. The van der Waals surface area contributed by atoms with Crippen molar-refractivity contribution in [2.75, 3.05) is 7.11 Å². The summed E-state index contributed by atoms with van der Waals surface area (Å²) in [6.07, 6.45) is -1.92. The third-order valence-electron chi connectivity index (χ3n) is 2.14. The Morgan fingerprint density at radius 3 is 2.75 bits per heavy atom. The van der Waals surface area contributed by atoms with Gasteiger partial charge in [-0.05, 0) is 24.1 Å². The monoisotopic (exact) mass is 292 g/mol. The largest absolute Gasteiger partial charge is 0.469 e. The zero-order valence-electron chi connectivity index (χ0n) is 8.67. The molecule has 0 saturated heterocycles. The van der Waals surface area contributed by atoms with Crippen LogP contribution in [0.2, 0.25) is 0 Å². The molecule has 0 unspecified atom stereocenters. The molecule has 0 spiro atoms. The van der Waals surface area contributed by atoms with E-state index < -0.39 is 6.43 Å². The predicted octanol–water partition coefficient (Wildman–Crippen LogP) is 3.49. The zero-order chi connectivity index (χ0) is 12.1. The Morgan fingerprint density at radius 2 is 2.19 bits per heavy atom. The molecule has 16 heavy (non-hydrogen) atoms. The minimum Gasteiger partial charge on any atom is -0.469 e. The first-order valence-electron chi connectivity index (χ1n) is 4.68. The molecule has 0 bridgehead atoms. The SMILES string of the molecule is COC(=O)CCc1ccc(Br)c(C(F)F)c1. The van der Waals surface area contributed by atoms with Crippen molar-refractivity contribution >= 4 is 21.9 Å². The van der Waals surface area contributed by atoms with E-state index in [4.69, 9.17) is 0 Å². The van der Waals surface area contributed by atoms with Gasteiger partial charge in [0, 0.05) is 16.5 Å². The average Bonchev–Trinajstić information content (AvgIpc) is 2.27. The summed E-state index contributed by atoms with van der Waals surface area (Å²) in [6, 6.07) is 4.67. The maximum atomic E-state index is 12.6. The molecule has 0 aliphatic carbocycles. The fourth-order valence-corrected chi connectivity index (χ4v) is 1.68. The Hall–Kier alpha value is -0.970. The summed E-state index contributed by atoms with van der Waals surface area (Å²) in [5.41, 5.74) is 0.645. The standard InChI is InChI=1S/C11H11BrF2O2/c1-16-10(15)5-3-7-2-4-9(12)8(6-7)11(13)14/h2,4,6,11H,3,5H2,1H3. The molecule has 0 amide bonds. The second kappa shape index (κ2) is 5.94. The van der Waals surface area contributed by atoms with Gasteiger partial charge < -0.3 is 4.74 Å². The lowest BCUT2D eigenvalue weighted by Crippen LogP contribution is -2.02. The maximum absolute atomic E-state index is 12.6. The van der Waals surface area contributed by atoms with Gasteiger partial charge in [-0.15, -0.1) is 0 Å². The van der Waals surface area contributed by atoms with E-state index in [9.17, 15) is 13.6 Å². The van der Waals surface area contributed by atoms with Crippen LogP contribution >= 0.6 is 15.9 Å². The molecular weight excluding hydrogens is 282 g/mol. The molecule has 0 atom stereocenters. The second-order valence-electron chi connectivity index (χ2n) is 3.23. The number of hydrogen-bond acceptors (Lipinski definition) is 2. The van der Waals surface area contributed by atoms with E-state index in [1.807, 2.05) is 0 Å². The lowest BCUT2D eigenvalue weighted by molar-refractivity contribution is -0.140. The van der Waals surface area contributed by atoms with Crippen molar-refractivity contribution < 1.29 is 18.3 Å². The van der Waals surface area contributed by atoms with Gasteiger partial charge in [0.1, 0.15) is 0 Å². The summed E-state index contributed by atoms with van der Waals surface area (Å²) in [6.45, 7) is 0. The first-order valence-corrected chi connectivity index (χ1v) is 5.47. The highest BCUT2D eigenvalue weighted by Gasteiger charge is 2.12. The molecule has 0 aliphatic heterocycles. The number of ether oxygens (including phenoxy) is 1. The van der Waals surface area contributed by atoms with Gasteiger partial charge in [-0.25, -0.2) is 8.78 Å². The van der Waals surface area contributed by atoms with Crippen LogP contribution in [-0.4, -0.2) is 13.1 Å². The number of alkyl halides is 2. The number of carbonyl (C=O) groups is 1. The number of hydrogen-bond donors (Lipinski definition) is 0. The van der Waals surface area contributed by atoms with Crippen LogP contribution in [0.15, 0.2) is 22.7 Å². The number of esters is 1. The smallest absolute Gasteiger partial charge is 0.305 e. The van der Waals surface area contributed by atoms with E-state index in [-0.39, 0.29) is 18.0 Å². The van der Waals surface area contributed by atoms with E-state index in [0.29, 0.717) is 16.5 Å². The minimum absolute atomic E-state index is 0.0534. The first-order chi connectivity index (χ1) is 7.54. The molecule has 0 aromatic heterocycles. The molecule has 2 nitrogen and oxygen atoms in total. The lowest BCUT2D eigenvalue weighted by Gasteiger charge is -2.06. The van der Waals surface area contributed by atoms with Gasteiger partial charge >= 0.3 is 5.97 Å². The summed E-state index contributed by atoms with van der Waals surface area (Å²) in [7, 11) is 1.30. The Bertz CT molecular complexity index is 380. The molecule has 5 heteroatoms. The van der Waals surface area contributed by atoms with Gasteiger partial charge in [0.25, 0.3) is 6.43 Å². The van der Waals surface area contributed by atoms with E-state index in [1.54, 1.807) is 12.1 Å². The molecule has 1 rings (SSSR count). The van der Waals surface area contributed by atoms with Crippen molar-refractivity contribution in [3.63, 3.8) is 0 Å². The van der Waals surface area contributed by atoms with Crippen molar-refractivity contribution in [1.29, 1.82) is 0 Å². The highest BCUT2D eigenvalue weighted by atomic mass is 79.9. The van der Waals surface area contributed by atoms with Gasteiger partial charge in [-0.3, -0.25) is 4.79 Å². The molecule has 0 saturated carbocycles. The third-order valence-corrected chi connectivity index (χ3v) is 2.86. The van der Waals surface area contributed by atoms with Gasteiger partial charge in [-0.1, -0.05) is 22.0 Å². The number of rotatable bonds is 4. The third kappa shape index (κ3) is 3.56. The predicted molar refractivity (Wildman–Crippen MR) is 59.4 cm³/mol. The van der Waals surface area contributed by atoms with E-state index in [1.165, 1.54) is 13.2 Å². The summed E-state index contributed by atoms with van der Waals surface area (Å²) >= 11 is 3.05. The molecule has 0 aliphatic rings. The van der Waals surface area contributed by atoms with Crippen molar-refractivity contribution in [2.45, 2.75) is 19.3 Å². The fraction of sp³-hybridized carbons (Fsp3) is 0.364. The Labute approximate surface area is 101 Å². The van der Waals surface area contributed by atoms with Crippen LogP contribution in [0.3, 0.4) is 0 Å². The molecule has 1 aromatic rings. The summed E-state index contributed by atoms with van der Waals surface area (Å²) < 4.78 is 30.0. The highest BCUT2D eigenvalue weighted by Crippen LogP contribution is 2.28. The minimum atomic E-state index is -2.52. The molecule has 0 heterocycles. The maximum Gasteiger partial charge on any atom is 0.305 e. The summed E-state index contributed by atoms with van der Waals surface area (Å²) in [4.78, 5) is 10.9. The Morgan fingerprint density at radius 1 is 1.50 bits per heavy atom. The van der Waals surface area contributed by atoms with Gasteiger partial charge in [0.15, 0.2) is 0 Å². The zero-order valence-corrected chi connectivity index (χ0v) is 10.3. The van der Waals surface area contributed by atoms with Crippen LogP contribution in [0.1, 0.15) is 24.0 Å². The molecule has 0 N–H and O–H groups in total. The summed E-state index contributed by atoms with van der Waals surface area (Å²) in [5.74, 6) is -0.346. The molecule has 0 radical (unpaired) electrons. The lowest BCUT2D eigenvalue weighted by atomic mass is 10.1. The van der Waals surface area contributed by atoms with E-state index >= 15 is 0 Å². The normalized spacial score (nSPS) is 10.6. The van der Waals surface area contributed by atoms with Crippen molar-refractivity contribution in [1.82, 2.24) is 0 Å². The molecule has 88 valence electrons. The van der Waals surface area contributed by atoms with Gasteiger partial charge in [-0.2, -0.15) is 0 Å². The fourth-order valence-electron chi connectivity index (χ4n) is 1.26.